The van der Waals surface area contributed by atoms with Gasteiger partial charge in [0.1, 0.15) is 5.69 Å². The molecule has 0 saturated heterocycles. The zero-order chi connectivity index (χ0) is 18.7. The first-order valence-corrected chi connectivity index (χ1v) is 8.69. The number of aldehydes is 1. The summed E-state index contributed by atoms with van der Waals surface area (Å²) in [6.45, 7) is 6.07. The second-order valence-corrected chi connectivity index (χ2v) is 6.60. The minimum absolute atomic E-state index is 0.151. The van der Waals surface area contributed by atoms with Crippen LogP contribution in [0.5, 0.6) is 0 Å². The quantitative estimate of drug-likeness (QED) is 0.752. The lowest BCUT2D eigenvalue weighted by molar-refractivity contribution is 0.0946. The number of aromatic nitrogens is 1. The van der Waals surface area contributed by atoms with Crippen molar-refractivity contribution in [3.63, 3.8) is 0 Å². The van der Waals surface area contributed by atoms with Crippen molar-refractivity contribution >= 4 is 18.3 Å². The maximum absolute atomic E-state index is 12.2. The fourth-order valence-corrected chi connectivity index (χ4v) is 2.96. The van der Waals surface area contributed by atoms with E-state index in [1.165, 1.54) is 12.8 Å². The molecule has 0 bridgehead atoms. The van der Waals surface area contributed by atoms with E-state index in [9.17, 15) is 14.7 Å². The third-order valence-electron chi connectivity index (χ3n) is 4.69. The summed E-state index contributed by atoms with van der Waals surface area (Å²) in [5, 5.41) is 12.5. The van der Waals surface area contributed by atoms with E-state index >= 15 is 0 Å². The molecule has 0 aliphatic heterocycles. The van der Waals surface area contributed by atoms with E-state index in [1.807, 2.05) is 6.92 Å². The highest BCUT2D eigenvalue weighted by Gasteiger charge is 2.22. The van der Waals surface area contributed by atoms with Gasteiger partial charge in [-0.05, 0) is 60.6 Å². The highest BCUT2D eigenvalue weighted by Crippen LogP contribution is 2.30. The Morgan fingerprint density at radius 1 is 1.31 bits per heavy atom. The Morgan fingerprint density at radius 2 is 2.08 bits per heavy atom. The van der Waals surface area contributed by atoms with E-state index in [0.717, 1.165) is 17.4 Å². The SMILES string of the molecule is C=Cc1cc(C=O)c(-c2ccc(C(=O)NCC3CC3)nc2C)cc1CO. The number of amides is 1. The fourth-order valence-electron chi connectivity index (χ4n) is 2.96. The van der Waals surface area contributed by atoms with Gasteiger partial charge in [-0.3, -0.25) is 9.59 Å². The summed E-state index contributed by atoms with van der Waals surface area (Å²) in [5.74, 6) is 0.426. The highest BCUT2D eigenvalue weighted by molar-refractivity contribution is 5.94. The number of nitrogens with one attached hydrogen (secondary N) is 1. The minimum atomic E-state index is -0.180. The van der Waals surface area contributed by atoms with Crippen LogP contribution in [0.1, 0.15) is 50.5 Å². The number of rotatable bonds is 7. The third-order valence-corrected chi connectivity index (χ3v) is 4.69. The van der Waals surface area contributed by atoms with Crippen LogP contribution >= 0.6 is 0 Å². The molecule has 26 heavy (non-hydrogen) atoms. The van der Waals surface area contributed by atoms with Crippen molar-refractivity contribution in [2.45, 2.75) is 26.4 Å². The molecule has 5 nitrogen and oxygen atoms in total. The predicted molar refractivity (Wildman–Crippen MR) is 101 cm³/mol. The predicted octanol–water partition coefficient (Wildman–Crippen LogP) is 3.14. The number of benzene rings is 1. The molecule has 0 unspecified atom stereocenters. The second kappa shape index (κ2) is 7.62. The molecule has 1 saturated carbocycles. The van der Waals surface area contributed by atoms with Crippen LogP contribution in [0.4, 0.5) is 0 Å². The average Bonchev–Trinajstić information content (AvgIpc) is 3.49. The van der Waals surface area contributed by atoms with Gasteiger partial charge >= 0.3 is 0 Å². The number of nitrogens with zero attached hydrogens (tertiary/aromatic N) is 1. The molecule has 1 aromatic heterocycles. The Hall–Kier alpha value is -2.79. The first-order chi connectivity index (χ1) is 12.6. The van der Waals surface area contributed by atoms with Crippen LogP contribution in [-0.2, 0) is 6.61 Å². The monoisotopic (exact) mass is 350 g/mol. The lowest BCUT2D eigenvalue weighted by Gasteiger charge is -2.13. The molecule has 1 aliphatic rings. The van der Waals surface area contributed by atoms with Crippen molar-refractivity contribution in [2.75, 3.05) is 6.54 Å². The first-order valence-electron chi connectivity index (χ1n) is 8.69. The van der Waals surface area contributed by atoms with Gasteiger partial charge in [-0.25, -0.2) is 4.98 Å². The molecule has 1 heterocycles. The Balaban J connectivity index is 1.94. The number of aliphatic hydroxyl groups is 1. The number of hydrogen-bond acceptors (Lipinski definition) is 4. The van der Waals surface area contributed by atoms with E-state index in [2.05, 4.69) is 16.9 Å². The zero-order valence-electron chi connectivity index (χ0n) is 14.8. The number of carbonyl (C=O) groups is 2. The van der Waals surface area contributed by atoms with E-state index in [0.29, 0.717) is 40.5 Å². The second-order valence-electron chi connectivity index (χ2n) is 6.60. The molecule has 134 valence electrons. The fraction of sp³-hybridized carbons (Fsp3) is 0.286. The van der Waals surface area contributed by atoms with E-state index < -0.39 is 0 Å². The van der Waals surface area contributed by atoms with Gasteiger partial charge in [-0.1, -0.05) is 18.7 Å². The maximum atomic E-state index is 12.2. The molecule has 1 fully saturated rings. The number of aryl methyl sites for hydroxylation is 1. The van der Waals surface area contributed by atoms with Crippen LogP contribution < -0.4 is 5.32 Å². The summed E-state index contributed by atoms with van der Waals surface area (Å²) in [5.41, 5.74) is 4.37. The van der Waals surface area contributed by atoms with Gasteiger partial charge in [-0.2, -0.15) is 0 Å². The van der Waals surface area contributed by atoms with Crippen molar-refractivity contribution in [1.82, 2.24) is 10.3 Å². The van der Waals surface area contributed by atoms with Crippen LogP contribution in [0.3, 0.4) is 0 Å². The molecular formula is C21H22N2O3. The molecule has 2 N–H and O–H groups in total. The molecular weight excluding hydrogens is 328 g/mol. The molecule has 0 radical (unpaired) electrons. The number of hydrogen-bond donors (Lipinski definition) is 2. The molecule has 0 atom stereocenters. The minimum Gasteiger partial charge on any atom is -0.392 e. The van der Waals surface area contributed by atoms with Crippen LogP contribution in [-0.4, -0.2) is 28.8 Å². The highest BCUT2D eigenvalue weighted by atomic mass is 16.3. The van der Waals surface area contributed by atoms with Gasteiger partial charge in [0.2, 0.25) is 0 Å². The third kappa shape index (κ3) is 3.73. The molecule has 1 amide bonds. The Bertz CT molecular complexity index is 870. The normalized spacial score (nSPS) is 13.3. The van der Waals surface area contributed by atoms with Gasteiger partial charge in [0.05, 0.1) is 6.61 Å². The van der Waals surface area contributed by atoms with E-state index in [4.69, 9.17) is 0 Å². The van der Waals surface area contributed by atoms with Gasteiger partial charge in [-0.15, -0.1) is 0 Å². The van der Waals surface area contributed by atoms with Gasteiger partial charge in [0.15, 0.2) is 6.29 Å². The van der Waals surface area contributed by atoms with Crippen molar-refractivity contribution in [3.8, 4) is 11.1 Å². The summed E-state index contributed by atoms with van der Waals surface area (Å²) in [7, 11) is 0. The molecule has 1 aliphatic carbocycles. The summed E-state index contributed by atoms with van der Waals surface area (Å²) in [4.78, 5) is 28.1. The van der Waals surface area contributed by atoms with Crippen molar-refractivity contribution < 1.29 is 14.7 Å². The van der Waals surface area contributed by atoms with Crippen molar-refractivity contribution in [1.29, 1.82) is 0 Å². The van der Waals surface area contributed by atoms with Crippen LogP contribution in [0.25, 0.3) is 17.2 Å². The number of carbonyl (C=O) groups excluding carboxylic acids is 2. The standard InChI is InChI=1S/C21H22N2O3/c1-3-15-8-17(12-25)19(9-16(15)11-24)18-6-7-20(23-13(18)2)21(26)22-10-14-4-5-14/h3,6-9,12,14,24H,1,4-5,10-11H2,2H3,(H,22,26). The van der Waals surface area contributed by atoms with Crippen LogP contribution in [0, 0.1) is 12.8 Å². The smallest absolute Gasteiger partial charge is 0.269 e. The van der Waals surface area contributed by atoms with Crippen molar-refractivity contribution in [2.24, 2.45) is 5.92 Å². The average molecular weight is 350 g/mol. The topological polar surface area (TPSA) is 79.3 Å². The Morgan fingerprint density at radius 3 is 2.65 bits per heavy atom. The molecule has 1 aromatic carbocycles. The Labute approximate surface area is 152 Å². The summed E-state index contributed by atoms with van der Waals surface area (Å²) in [6, 6.07) is 6.94. The van der Waals surface area contributed by atoms with Crippen molar-refractivity contribution in [3.05, 3.63) is 58.9 Å². The van der Waals surface area contributed by atoms with E-state index in [1.54, 1.807) is 30.3 Å². The number of pyridine rings is 1. The largest absolute Gasteiger partial charge is 0.392 e. The summed E-state index contributed by atoms with van der Waals surface area (Å²) in [6.07, 6.45) is 4.74. The van der Waals surface area contributed by atoms with Gasteiger partial charge < -0.3 is 10.4 Å². The van der Waals surface area contributed by atoms with Crippen LogP contribution in [0.2, 0.25) is 0 Å². The Kier molecular flexibility index (Phi) is 5.28. The molecule has 2 aromatic rings. The lowest BCUT2D eigenvalue weighted by Crippen LogP contribution is -2.26. The molecule has 5 heteroatoms. The van der Waals surface area contributed by atoms with E-state index in [-0.39, 0.29) is 12.5 Å². The maximum Gasteiger partial charge on any atom is 0.269 e. The first kappa shape index (κ1) is 18.0. The summed E-state index contributed by atoms with van der Waals surface area (Å²) < 4.78 is 0. The van der Waals surface area contributed by atoms with Gasteiger partial charge in [0, 0.05) is 23.4 Å². The number of aliphatic hydroxyl groups excluding tert-OH is 1. The molecule has 0 spiro atoms. The lowest BCUT2D eigenvalue weighted by atomic mass is 9.93. The van der Waals surface area contributed by atoms with Gasteiger partial charge in [0.25, 0.3) is 5.91 Å². The summed E-state index contributed by atoms with van der Waals surface area (Å²) >= 11 is 0. The van der Waals surface area contributed by atoms with Crippen LogP contribution in [0.15, 0.2) is 30.8 Å². The zero-order valence-corrected chi connectivity index (χ0v) is 14.8. The molecule has 3 rings (SSSR count).